The van der Waals surface area contributed by atoms with Gasteiger partial charge in [0, 0.05) is 13.6 Å². The summed E-state index contributed by atoms with van der Waals surface area (Å²) in [6, 6.07) is 0. The number of aliphatic hydroxyl groups is 1. The minimum atomic E-state index is -3.63. The molecule has 0 heterocycles. The summed E-state index contributed by atoms with van der Waals surface area (Å²) in [4.78, 5) is 11.0. The maximum atomic E-state index is 11.6. The van der Waals surface area contributed by atoms with Crippen molar-refractivity contribution >= 4 is 16.0 Å². The zero-order chi connectivity index (χ0) is 12.8. The molecule has 0 radical (unpaired) electrons. The first-order valence-electron chi connectivity index (χ1n) is 5.07. The van der Waals surface area contributed by atoms with E-state index in [0.29, 0.717) is 6.42 Å². The second kappa shape index (κ2) is 6.82. The molecule has 96 valence electrons. The van der Waals surface area contributed by atoms with Crippen molar-refractivity contribution in [1.29, 1.82) is 0 Å². The summed E-state index contributed by atoms with van der Waals surface area (Å²) in [7, 11) is -2.26. The van der Waals surface area contributed by atoms with Crippen molar-refractivity contribution in [2.45, 2.75) is 26.4 Å². The second-order valence-electron chi connectivity index (χ2n) is 3.52. The molecule has 1 atom stereocenters. The molecule has 0 aromatic carbocycles. The van der Waals surface area contributed by atoms with Crippen LogP contribution in [0.1, 0.15) is 20.3 Å². The minimum Gasteiger partial charge on any atom is -0.465 e. The number of esters is 1. The Hall–Kier alpha value is -0.660. The van der Waals surface area contributed by atoms with E-state index in [1.165, 1.54) is 7.05 Å². The van der Waals surface area contributed by atoms with E-state index in [-0.39, 0.29) is 13.2 Å². The molecule has 1 unspecified atom stereocenters. The van der Waals surface area contributed by atoms with E-state index in [0.717, 1.165) is 4.31 Å². The van der Waals surface area contributed by atoms with E-state index in [1.54, 1.807) is 13.8 Å². The molecule has 0 aromatic rings. The summed E-state index contributed by atoms with van der Waals surface area (Å²) in [5.41, 5.74) is 0. The molecule has 0 amide bonds. The molecule has 0 aliphatic heterocycles. The van der Waals surface area contributed by atoms with Crippen LogP contribution in [0.25, 0.3) is 0 Å². The molecule has 0 aliphatic rings. The van der Waals surface area contributed by atoms with Gasteiger partial charge in [0.2, 0.25) is 10.0 Å². The molecule has 7 heteroatoms. The molecule has 0 spiro atoms. The normalized spacial score (nSPS) is 13.8. The molecule has 0 fully saturated rings. The van der Waals surface area contributed by atoms with Crippen LogP contribution in [0.15, 0.2) is 0 Å². The van der Waals surface area contributed by atoms with E-state index >= 15 is 0 Å². The first-order chi connectivity index (χ1) is 7.29. The minimum absolute atomic E-state index is 0.158. The average molecular weight is 253 g/mol. The molecule has 0 rings (SSSR count). The molecule has 6 nitrogen and oxygen atoms in total. The van der Waals surface area contributed by atoms with Gasteiger partial charge in [-0.05, 0) is 20.3 Å². The maximum absolute atomic E-state index is 11.6. The Morgan fingerprint density at radius 3 is 2.50 bits per heavy atom. The highest BCUT2D eigenvalue weighted by molar-refractivity contribution is 7.89. The Labute approximate surface area is 96.2 Å². The second-order valence-corrected chi connectivity index (χ2v) is 5.60. The number of hydrogen-bond acceptors (Lipinski definition) is 5. The molecular formula is C9H19NO5S. The van der Waals surface area contributed by atoms with Gasteiger partial charge in [-0.1, -0.05) is 0 Å². The highest BCUT2D eigenvalue weighted by atomic mass is 32.2. The van der Waals surface area contributed by atoms with Gasteiger partial charge in [0.15, 0.2) is 5.75 Å². The van der Waals surface area contributed by atoms with Crippen molar-refractivity contribution in [1.82, 2.24) is 4.31 Å². The average Bonchev–Trinajstić information content (AvgIpc) is 2.13. The van der Waals surface area contributed by atoms with Gasteiger partial charge < -0.3 is 9.84 Å². The monoisotopic (exact) mass is 253 g/mol. The number of carbonyl (C=O) groups excluding carboxylic acids is 1. The lowest BCUT2D eigenvalue weighted by Gasteiger charge is -2.17. The third-order valence-electron chi connectivity index (χ3n) is 1.94. The van der Waals surface area contributed by atoms with Crippen molar-refractivity contribution < 1.29 is 23.1 Å². The number of hydrogen-bond donors (Lipinski definition) is 1. The van der Waals surface area contributed by atoms with E-state index in [4.69, 9.17) is 5.11 Å². The van der Waals surface area contributed by atoms with E-state index in [9.17, 15) is 13.2 Å². The SMILES string of the molecule is CCOC(=O)CS(=O)(=O)N(C)CCC(C)O. The van der Waals surface area contributed by atoms with E-state index in [1.807, 2.05) is 0 Å². The smallest absolute Gasteiger partial charge is 0.322 e. The summed E-state index contributed by atoms with van der Waals surface area (Å²) >= 11 is 0. The first kappa shape index (κ1) is 15.3. The molecule has 0 aromatic heterocycles. The van der Waals surface area contributed by atoms with Crippen molar-refractivity contribution in [2.75, 3.05) is 26.0 Å². The molecule has 0 saturated carbocycles. The summed E-state index contributed by atoms with van der Waals surface area (Å²) in [5.74, 6) is -1.41. The summed E-state index contributed by atoms with van der Waals surface area (Å²) in [5, 5.41) is 9.02. The first-order valence-corrected chi connectivity index (χ1v) is 6.68. The number of aliphatic hydroxyl groups excluding tert-OH is 1. The van der Waals surface area contributed by atoms with Gasteiger partial charge in [0.1, 0.15) is 0 Å². The predicted molar refractivity (Wildman–Crippen MR) is 59.3 cm³/mol. The summed E-state index contributed by atoms with van der Waals surface area (Å²) in [6.07, 6.45) is -0.237. The quantitative estimate of drug-likeness (QED) is 0.623. The zero-order valence-corrected chi connectivity index (χ0v) is 10.7. The van der Waals surface area contributed by atoms with Crippen molar-refractivity contribution in [3.63, 3.8) is 0 Å². The van der Waals surface area contributed by atoms with Crippen LogP contribution < -0.4 is 0 Å². The van der Waals surface area contributed by atoms with Gasteiger partial charge in [-0.2, -0.15) is 0 Å². The van der Waals surface area contributed by atoms with Crippen LogP contribution in [-0.2, 0) is 19.6 Å². The Morgan fingerprint density at radius 1 is 1.50 bits per heavy atom. The molecular weight excluding hydrogens is 234 g/mol. The third-order valence-corrected chi connectivity index (χ3v) is 3.68. The Kier molecular flexibility index (Phi) is 6.54. The predicted octanol–water partition coefficient (Wildman–Crippen LogP) is -0.418. The van der Waals surface area contributed by atoms with Crippen LogP contribution in [0.2, 0.25) is 0 Å². The van der Waals surface area contributed by atoms with Crippen LogP contribution in [0.4, 0.5) is 0 Å². The van der Waals surface area contributed by atoms with Gasteiger partial charge in [0.05, 0.1) is 12.7 Å². The molecule has 0 bridgehead atoms. The van der Waals surface area contributed by atoms with Gasteiger partial charge >= 0.3 is 5.97 Å². The number of ether oxygens (including phenoxy) is 1. The van der Waals surface area contributed by atoms with Crippen LogP contribution in [-0.4, -0.2) is 55.9 Å². The van der Waals surface area contributed by atoms with Crippen LogP contribution >= 0.6 is 0 Å². The zero-order valence-electron chi connectivity index (χ0n) is 9.84. The molecule has 1 N–H and O–H groups in total. The van der Waals surface area contributed by atoms with Crippen molar-refractivity contribution in [3.05, 3.63) is 0 Å². The Bertz CT molecular complexity index is 312. The number of sulfonamides is 1. The number of carbonyl (C=O) groups is 1. The van der Waals surface area contributed by atoms with Crippen LogP contribution in [0.5, 0.6) is 0 Å². The largest absolute Gasteiger partial charge is 0.465 e. The molecule has 0 aliphatic carbocycles. The lowest BCUT2D eigenvalue weighted by molar-refractivity contribution is -0.140. The van der Waals surface area contributed by atoms with Gasteiger partial charge in [-0.25, -0.2) is 12.7 Å². The molecule has 16 heavy (non-hydrogen) atoms. The fourth-order valence-corrected chi connectivity index (χ4v) is 1.95. The lowest BCUT2D eigenvalue weighted by Crippen LogP contribution is -2.34. The van der Waals surface area contributed by atoms with Crippen LogP contribution in [0, 0.1) is 0 Å². The van der Waals surface area contributed by atoms with E-state index in [2.05, 4.69) is 4.74 Å². The topological polar surface area (TPSA) is 83.9 Å². The van der Waals surface area contributed by atoms with Crippen LogP contribution in [0.3, 0.4) is 0 Å². The van der Waals surface area contributed by atoms with E-state index < -0.39 is 27.8 Å². The van der Waals surface area contributed by atoms with Gasteiger partial charge in [-0.3, -0.25) is 4.79 Å². The van der Waals surface area contributed by atoms with Gasteiger partial charge in [-0.15, -0.1) is 0 Å². The highest BCUT2D eigenvalue weighted by Gasteiger charge is 2.22. The van der Waals surface area contributed by atoms with Gasteiger partial charge in [0.25, 0.3) is 0 Å². The van der Waals surface area contributed by atoms with Crippen molar-refractivity contribution in [3.8, 4) is 0 Å². The summed E-state index contributed by atoms with van der Waals surface area (Å²) in [6.45, 7) is 3.53. The summed E-state index contributed by atoms with van der Waals surface area (Å²) < 4.78 is 28.8. The molecule has 0 saturated heterocycles. The third kappa shape index (κ3) is 6.04. The maximum Gasteiger partial charge on any atom is 0.322 e. The fourth-order valence-electron chi connectivity index (χ4n) is 0.970. The fraction of sp³-hybridized carbons (Fsp3) is 0.889. The number of rotatable bonds is 7. The van der Waals surface area contributed by atoms with Crippen molar-refractivity contribution in [2.24, 2.45) is 0 Å². The highest BCUT2D eigenvalue weighted by Crippen LogP contribution is 2.02. The number of nitrogens with zero attached hydrogens (tertiary/aromatic N) is 1. The Balaban J connectivity index is 4.26. The Morgan fingerprint density at radius 2 is 2.06 bits per heavy atom. The standard InChI is InChI=1S/C9H19NO5S/c1-4-15-9(12)7-16(13,14)10(3)6-5-8(2)11/h8,11H,4-7H2,1-3H3. The lowest BCUT2D eigenvalue weighted by atomic mass is 10.3.